The largest absolute Gasteiger partial charge is 0.472 e. The number of benzene rings is 2. The summed E-state index contributed by atoms with van der Waals surface area (Å²) in [5.41, 5.74) is 7.13. The van der Waals surface area contributed by atoms with E-state index in [9.17, 15) is 4.79 Å². The van der Waals surface area contributed by atoms with Crippen LogP contribution in [0.4, 0.5) is 11.4 Å². The molecule has 40 heavy (non-hydrogen) atoms. The maximum atomic E-state index is 12.6. The molecule has 5 heterocycles. The third kappa shape index (κ3) is 5.24. The zero-order chi connectivity index (χ0) is 26.9. The van der Waals surface area contributed by atoms with Crippen LogP contribution in [-0.2, 0) is 17.7 Å². The molecule has 0 unspecified atom stereocenters. The number of aromatic amines is 1. The Morgan fingerprint density at radius 3 is 2.65 bits per heavy atom. The van der Waals surface area contributed by atoms with E-state index in [2.05, 4.69) is 50.4 Å². The minimum absolute atomic E-state index is 0.115. The number of aromatic nitrogens is 1. The van der Waals surface area contributed by atoms with Crippen molar-refractivity contribution >= 4 is 11.4 Å². The monoisotopic (exact) mass is 538 g/mol. The summed E-state index contributed by atoms with van der Waals surface area (Å²) in [4.78, 5) is 20.3. The molecule has 2 aromatic carbocycles. The number of likely N-dealkylation sites (tertiary alicyclic amines) is 1. The molecule has 0 amide bonds. The SMILES string of the molecule is O=c1cc(N2CCOCC2)cc(-c2cccc3c2Oc2ccc(NC4CCN(Cc5ccoc5)CC4)cc2C3)[nH]1. The average molecular weight is 539 g/mol. The maximum absolute atomic E-state index is 12.6. The number of para-hydroxylation sites is 1. The van der Waals surface area contributed by atoms with Gasteiger partial charge in [-0.15, -0.1) is 0 Å². The first kappa shape index (κ1) is 25.0. The quantitative estimate of drug-likeness (QED) is 0.306. The second-order valence-electron chi connectivity index (χ2n) is 10.9. The molecule has 2 N–H and O–H groups in total. The number of nitrogens with one attached hydrogen (secondary N) is 2. The Labute approximate surface area is 233 Å². The molecule has 8 nitrogen and oxygen atoms in total. The van der Waals surface area contributed by atoms with Gasteiger partial charge in [0.1, 0.15) is 11.5 Å². The fraction of sp³-hybridized carbons (Fsp3) is 0.344. The summed E-state index contributed by atoms with van der Waals surface area (Å²) in [6, 6.07) is 18.8. The molecule has 3 aliphatic heterocycles. The number of H-pyrrole nitrogens is 1. The molecule has 3 aliphatic rings. The highest BCUT2D eigenvalue weighted by Crippen LogP contribution is 2.43. The molecule has 4 aromatic rings. The summed E-state index contributed by atoms with van der Waals surface area (Å²) in [6.07, 6.45) is 6.58. The van der Waals surface area contributed by atoms with Gasteiger partial charge in [-0.2, -0.15) is 0 Å². The van der Waals surface area contributed by atoms with Crippen LogP contribution in [0.25, 0.3) is 11.3 Å². The zero-order valence-electron chi connectivity index (χ0n) is 22.5. The average Bonchev–Trinajstić information content (AvgIpc) is 3.50. The van der Waals surface area contributed by atoms with Gasteiger partial charge < -0.3 is 29.1 Å². The molecular weight excluding hydrogens is 504 g/mol. The molecule has 0 bridgehead atoms. The standard InChI is InChI=1S/C32H34N4O4/c37-31-19-27(36-11-14-38-15-12-36)18-29(34-31)28-3-1-2-23-16-24-17-26(4-5-30(24)40-32(23)28)33-25-6-9-35(10-7-25)20-22-8-13-39-21-22/h1-5,8,13,17-19,21,25,33H,6-7,9-12,14-16,20H2,(H,34,37). The summed E-state index contributed by atoms with van der Waals surface area (Å²) in [5, 5.41) is 3.76. The molecule has 0 saturated carbocycles. The highest BCUT2D eigenvalue weighted by molar-refractivity contribution is 5.74. The topological polar surface area (TPSA) is 83.0 Å². The fourth-order valence-corrected chi connectivity index (χ4v) is 6.07. The second kappa shape index (κ2) is 10.9. The summed E-state index contributed by atoms with van der Waals surface area (Å²) in [5.74, 6) is 1.68. The lowest BCUT2D eigenvalue weighted by Gasteiger charge is -2.33. The van der Waals surface area contributed by atoms with Gasteiger partial charge in [0.25, 0.3) is 0 Å². The molecule has 7 rings (SSSR count). The van der Waals surface area contributed by atoms with Crippen molar-refractivity contribution in [3.05, 3.63) is 94.2 Å². The van der Waals surface area contributed by atoms with E-state index in [1.54, 1.807) is 12.3 Å². The lowest BCUT2D eigenvalue weighted by molar-refractivity contribution is 0.122. The number of fused-ring (bicyclic) bond motifs is 2. The van der Waals surface area contributed by atoms with Gasteiger partial charge in [0.15, 0.2) is 0 Å². The van der Waals surface area contributed by atoms with Gasteiger partial charge in [0, 0.05) is 79.3 Å². The molecule has 0 spiro atoms. The Bertz CT molecular complexity index is 1530. The number of rotatable bonds is 6. The highest BCUT2D eigenvalue weighted by Gasteiger charge is 2.24. The first-order chi connectivity index (χ1) is 19.7. The third-order valence-corrected chi connectivity index (χ3v) is 8.19. The van der Waals surface area contributed by atoms with Crippen LogP contribution in [0, 0.1) is 0 Å². The number of nitrogens with zero attached hydrogens (tertiary/aromatic N) is 2. The summed E-state index contributed by atoms with van der Waals surface area (Å²) in [7, 11) is 0. The third-order valence-electron chi connectivity index (χ3n) is 8.19. The van der Waals surface area contributed by atoms with Crippen LogP contribution in [0.3, 0.4) is 0 Å². The van der Waals surface area contributed by atoms with E-state index < -0.39 is 0 Å². The lowest BCUT2D eigenvalue weighted by Crippen LogP contribution is -2.38. The number of morpholine rings is 1. The van der Waals surface area contributed by atoms with E-state index in [0.29, 0.717) is 19.3 Å². The Hall–Kier alpha value is -4.01. The van der Waals surface area contributed by atoms with E-state index in [4.69, 9.17) is 13.9 Å². The molecule has 0 radical (unpaired) electrons. The number of anilines is 2. The van der Waals surface area contributed by atoms with Gasteiger partial charge in [-0.1, -0.05) is 12.1 Å². The van der Waals surface area contributed by atoms with Crippen molar-refractivity contribution < 1.29 is 13.9 Å². The van der Waals surface area contributed by atoms with E-state index in [1.807, 2.05) is 24.5 Å². The van der Waals surface area contributed by atoms with Crippen molar-refractivity contribution in [2.24, 2.45) is 0 Å². The van der Waals surface area contributed by atoms with Crippen LogP contribution in [0.2, 0.25) is 0 Å². The fourth-order valence-electron chi connectivity index (χ4n) is 6.07. The van der Waals surface area contributed by atoms with Crippen LogP contribution in [0.5, 0.6) is 11.5 Å². The summed E-state index contributed by atoms with van der Waals surface area (Å²) < 4.78 is 17.2. The lowest BCUT2D eigenvalue weighted by atomic mass is 9.95. The van der Waals surface area contributed by atoms with E-state index >= 15 is 0 Å². The Morgan fingerprint density at radius 2 is 1.82 bits per heavy atom. The molecule has 206 valence electrons. The van der Waals surface area contributed by atoms with Crippen LogP contribution in [-0.4, -0.2) is 55.3 Å². The van der Waals surface area contributed by atoms with Crippen molar-refractivity contribution in [3.8, 4) is 22.8 Å². The smallest absolute Gasteiger partial charge is 0.250 e. The number of ether oxygens (including phenoxy) is 2. The minimum Gasteiger partial charge on any atom is -0.472 e. The molecule has 2 aromatic heterocycles. The minimum atomic E-state index is -0.115. The second-order valence-corrected chi connectivity index (χ2v) is 10.9. The van der Waals surface area contributed by atoms with Gasteiger partial charge in [-0.05, 0) is 54.8 Å². The number of furan rings is 1. The number of hydrogen-bond acceptors (Lipinski definition) is 7. The number of piperidine rings is 1. The Balaban J connectivity index is 1.06. The number of hydrogen-bond donors (Lipinski definition) is 2. The summed E-state index contributed by atoms with van der Waals surface area (Å²) >= 11 is 0. The highest BCUT2D eigenvalue weighted by atomic mass is 16.5. The number of pyridine rings is 1. The van der Waals surface area contributed by atoms with Crippen molar-refractivity contribution in [1.29, 1.82) is 0 Å². The van der Waals surface area contributed by atoms with Gasteiger partial charge in [0.05, 0.1) is 31.4 Å². The van der Waals surface area contributed by atoms with Gasteiger partial charge >= 0.3 is 0 Å². The van der Waals surface area contributed by atoms with Gasteiger partial charge in [0.2, 0.25) is 5.56 Å². The van der Waals surface area contributed by atoms with E-state index in [-0.39, 0.29) is 5.56 Å². The normalized spacial score (nSPS) is 17.6. The molecule has 2 fully saturated rings. The molecular formula is C32H34N4O4. The molecule has 2 saturated heterocycles. The Morgan fingerprint density at radius 1 is 0.950 bits per heavy atom. The maximum Gasteiger partial charge on any atom is 0.250 e. The van der Waals surface area contributed by atoms with Crippen molar-refractivity contribution in [1.82, 2.24) is 9.88 Å². The van der Waals surface area contributed by atoms with Crippen molar-refractivity contribution in [2.75, 3.05) is 49.6 Å². The predicted molar refractivity (Wildman–Crippen MR) is 155 cm³/mol. The predicted octanol–water partition coefficient (Wildman–Crippen LogP) is 5.24. The molecule has 0 aliphatic carbocycles. The zero-order valence-corrected chi connectivity index (χ0v) is 22.5. The Kier molecular flexibility index (Phi) is 6.79. The van der Waals surface area contributed by atoms with Crippen LogP contribution < -0.4 is 20.5 Å². The van der Waals surface area contributed by atoms with Crippen LogP contribution in [0.15, 0.2) is 76.3 Å². The van der Waals surface area contributed by atoms with Crippen molar-refractivity contribution in [3.63, 3.8) is 0 Å². The first-order valence-corrected chi connectivity index (χ1v) is 14.2. The van der Waals surface area contributed by atoms with Gasteiger partial charge in [-0.3, -0.25) is 9.69 Å². The molecule has 8 heteroatoms. The van der Waals surface area contributed by atoms with Crippen LogP contribution >= 0.6 is 0 Å². The van der Waals surface area contributed by atoms with Crippen molar-refractivity contribution in [2.45, 2.75) is 31.8 Å². The van der Waals surface area contributed by atoms with E-state index in [1.165, 1.54) is 11.1 Å². The first-order valence-electron chi connectivity index (χ1n) is 14.2. The summed E-state index contributed by atoms with van der Waals surface area (Å²) in [6.45, 7) is 5.99. The molecule has 0 atom stereocenters. The van der Waals surface area contributed by atoms with E-state index in [0.717, 1.165) is 91.7 Å². The van der Waals surface area contributed by atoms with Gasteiger partial charge in [-0.25, -0.2) is 0 Å². The van der Waals surface area contributed by atoms with Crippen LogP contribution in [0.1, 0.15) is 29.5 Å².